The highest BCUT2D eigenvalue weighted by atomic mass is 32.2. The van der Waals surface area contributed by atoms with Crippen LogP contribution in [0.4, 0.5) is 0 Å². The highest BCUT2D eigenvalue weighted by molar-refractivity contribution is 7.89. The molecule has 21 heavy (non-hydrogen) atoms. The maximum absolute atomic E-state index is 12.1. The topological polar surface area (TPSA) is 83.4 Å². The minimum absolute atomic E-state index is 0.102. The Morgan fingerprint density at radius 3 is 2.52 bits per heavy atom. The minimum Gasteiger partial charge on any atom is -0.345 e. The predicted molar refractivity (Wildman–Crippen MR) is 81.8 cm³/mol. The van der Waals surface area contributed by atoms with E-state index in [0.29, 0.717) is 18.8 Å². The molecule has 7 nitrogen and oxygen atoms in total. The van der Waals surface area contributed by atoms with Gasteiger partial charge in [-0.2, -0.15) is 0 Å². The summed E-state index contributed by atoms with van der Waals surface area (Å²) in [7, 11) is 1.31. The molecule has 0 aromatic carbocycles. The number of nitrogens with zero attached hydrogens (tertiary/aromatic N) is 2. The lowest BCUT2D eigenvalue weighted by molar-refractivity contribution is 0.0818. The molecule has 2 N–H and O–H groups in total. The first-order valence-corrected chi connectivity index (χ1v) is 8.36. The number of sulfonamides is 1. The van der Waals surface area contributed by atoms with Crippen LogP contribution < -0.4 is 10.0 Å². The van der Waals surface area contributed by atoms with Crippen LogP contribution in [-0.4, -0.2) is 57.5 Å². The normalized spacial score (nSPS) is 11.6. The van der Waals surface area contributed by atoms with Crippen LogP contribution in [0.3, 0.4) is 0 Å². The van der Waals surface area contributed by atoms with Gasteiger partial charge in [0.25, 0.3) is 5.91 Å². The van der Waals surface area contributed by atoms with Crippen molar-refractivity contribution in [1.29, 1.82) is 0 Å². The van der Waals surface area contributed by atoms with Gasteiger partial charge >= 0.3 is 0 Å². The first-order valence-electron chi connectivity index (χ1n) is 6.88. The molecule has 1 aromatic rings. The molecular formula is C13H24N4O3S. The molecule has 0 bridgehead atoms. The molecule has 120 valence electrons. The monoisotopic (exact) mass is 316 g/mol. The van der Waals surface area contributed by atoms with Crippen molar-refractivity contribution in [1.82, 2.24) is 19.5 Å². The van der Waals surface area contributed by atoms with Crippen molar-refractivity contribution in [3.05, 3.63) is 18.0 Å². The molecule has 1 rings (SSSR count). The second kappa shape index (κ2) is 7.58. The number of nitrogens with one attached hydrogen (secondary N) is 2. The summed E-state index contributed by atoms with van der Waals surface area (Å²) >= 11 is 0. The molecule has 0 aliphatic heterocycles. The Kier molecular flexibility index (Phi) is 6.38. The summed E-state index contributed by atoms with van der Waals surface area (Å²) in [4.78, 5) is 13.4. The van der Waals surface area contributed by atoms with E-state index in [1.807, 2.05) is 6.92 Å². The quantitative estimate of drug-likeness (QED) is 0.662. The van der Waals surface area contributed by atoms with Gasteiger partial charge in [-0.25, -0.2) is 13.1 Å². The number of aryl methyl sites for hydroxylation is 1. The average molecular weight is 316 g/mol. The zero-order valence-corrected chi connectivity index (χ0v) is 13.8. The van der Waals surface area contributed by atoms with Gasteiger partial charge in [-0.1, -0.05) is 6.92 Å². The predicted octanol–water partition coefficient (Wildman–Crippen LogP) is 0.00480. The van der Waals surface area contributed by atoms with Crippen LogP contribution in [0.25, 0.3) is 0 Å². The van der Waals surface area contributed by atoms with Gasteiger partial charge in [0, 0.05) is 40.4 Å². The van der Waals surface area contributed by atoms with Gasteiger partial charge in [0.05, 0.1) is 0 Å². The zero-order valence-electron chi connectivity index (χ0n) is 13.0. The maximum Gasteiger partial charge on any atom is 0.269 e. The van der Waals surface area contributed by atoms with Gasteiger partial charge in [0.15, 0.2) is 0 Å². The highest BCUT2D eigenvalue weighted by Crippen LogP contribution is 2.14. The van der Waals surface area contributed by atoms with E-state index in [1.54, 1.807) is 21.1 Å². The van der Waals surface area contributed by atoms with Crippen LogP contribution in [0.2, 0.25) is 0 Å². The van der Waals surface area contributed by atoms with Gasteiger partial charge in [-0.15, -0.1) is 0 Å². The molecule has 0 aliphatic carbocycles. The summed E-state index contributed by atoms with van der Waals surface area (Å²) < 4.78 is 28.3. The number of aromatic nitrogens is 1. The molecule has 0 saturated carbocycles. The lowest BCUT2D eigenvalue weighted by atomic mass is 10.4. The number of carbonyl (C=O) groups is 1. The lowest BCUT2D eigenvalue weighted by Gasteiger charge is -2.09. The van der Waals surface area contributed by atoms with Gasteiger partial charge in [-0.3, -0.25) is 4.79 Å². The Bertz CT molecular complexity index is 578. The third-order valence-electron chi connectivity index (χ3n) is 2.94. The Balaban J connectivity index is 2.76. The van der Waals surface area contributed by atoms with Crippen molar-refractivity contribution in [2.75, 3.05) is 33.7 Å². The molecule has 0 unspecified atom stereocenters. The standard InChI is InChI=1S/C13H24N4O3S/c1-5-6-14-7-8-15-21(19,20)11-9-12(17(4)10-11)13(18)16(2)3/h9-10,14-15H,5-8H2,1-4H3. The van der Waals surface area contributed by atoms with Crippen molar-refractivity contribution in [3.63, 3.8) is 0 Å². The fraction of sp³-hybridized carbons (Fsp3) is 0.615. The van der Waals surface area contributed by atoms with Crippen LogP contribution in [0.15, 0.2) is 17.2 Å². The molecule has 1 amide bonds. The fourth-order valence-corrected chi connectivity index (χ4v) is 2.88. The Morgan fingerprint density at radius 1 is 1.29 bits per heavy atom. The molecule has 0 fully saturated rings. The number of carbonyl (C=O) groups excluding carboxylic acids is 1. The molecule has 1 heterocycles. The molecule has 0 aliphatic rings. The smallest absolute Gasteiger partial charge is 0.269 e. The first-order chi connectivity index (χ1) is 9.79. The number of rotatable bonds is 8. The SMILES string of the molecule is CCCNCCNS(=O)(=O)c1cc(C(=O)N(C)C)n(C)c1. The number of hydrogen-bond acceptors (Lipinski definition) is 4. The van der Waals surface area contributed by atoms with Crippen LogP contribution >= 0.6 is 0 Å². The van der Waals surface area contributed by atoms with Crippen LogP contribution in [0.5, 0.6) is 0 Å². The van der Waals surface area contributed by atoms with Crippen molar-refractivity contribution < 1.29 is 13.2 Å². The van der Waals surface area contributed by atoms with E-state index >= 15 is 0 Å². The van der Waals surface area contributed by atoms with Crippen LogP contribution in [0.1, 0.15) is 23.8 Å². The fourth-order valence-electron chi connectivity index (χ4n) is 1.78. The Morgan fingerprint density at radius 2 is 1.95 bits per heavy atom. The lowest BCUT2D eigenvalue weighted by Crippen LogP contribution is -2.32. The summed E-state index contributed by atoms with van der Waals surface area (Å²) in [5.41, 5.74) is 0.337. The number of hydrogen-bond donors (Lipinski definition) is 2. The Hall–Kier alpha value is -1.38. The van der Waals surface area contributed by atoms with E-state index in [0.717, 1.165) is 13.0 Å². The van der Waals surface area contributed by atoms with Crippen molar-refractivity contribution >= 4 is 15.9 Å². The van der Waals surface area contributed by atoms with E-state index in [1.165, 1.54) is 21.7 Å². The van der Waals surface area contributed by atoms with E-state index in [-0.39, 0.29) is 10.8 Å². The van der Waals surface area contributed by atoms with Crippen LogP contribution in [-0.2, 0) is 17.1 Å². The van der Waals surface area contributed by atoms with E-state index < -0.39 is 10.0 Å². The third-order valence-corrected chi connectivity index (χ3v) is 4.36. The van der Waals surface area contributed by atoms with Gasteiger partial charge in [-0.05, 0) is 19.0 Å². The van der Waals surface area contributed by atoms with Gasteiger partial charge < -0.3 is 14.8 Å². The molecule has 1 aromatic heterocycles. The van der Waals surface area contributed by atoms with Gasteiger partial charge in [0.1, 0.15) is 10.6 Å². The molecule has 8 heteroatoms. The summed E-state index contributed by atoms with van der Waals surface area (Å²) in [5.74, 6) is -0.233. The summed E-state index contributed by atoms with van der Waals surface area (Å²) in [6.07, 6.45) is 2.44. The van der Waals surface area contributed by atoms with E-state index in [9.17, 15) is 13.2 Å². The summed E-state index contributed by atoms with van der Waals surface area (Å²) in [6.45, 7) is 3.79. The first kappa shape index (κ1) is 17.7. The minimum atomic E-state index is -3.59. The Labute approximate surface area is 126 Å². The van der Waals surface area contributed by atoms with E-state index in [4.69, 9.17) is 0 Å². The highest BCUT2D eigenvalue weighted by Gasteiger charge is 2.20. The summed E-state index contributed by atoms with van der Waals surface area (Å²) in [5, 5.41) is 3.12. The molecule has 0 radical (unpaired) electrons. The largest absolute Gasteiger partial charge is 0.345 e. The van der Waals surface area contributed by atoms with Crippen LogP contribution in [0, 0.1) is 0 Å². The molecule has 0 saturated heterocycles. The molecular weight excluding hydrogens is 292 g/mol. The number of amides is 1. The van der Waals surface area contributed by atoms with E-state index in [2.05, 4.69) is 10.0 Å². The van der Waals surface area contributed by atoms with Crippen molar-refractivity contribution in [3.8, 4) is 0 Å². The summed E-state index contributed by atoms with van der Waals surface area (Å²) in [6, 6.07) is 1.39. The second-order valence-electron chi connectivity index (χ2n) is 5.02. The molecule has 0 spiro atoms. The zero-order chi connectivity index (χ0) is 16.0. The third kappa shape index (κ3) is 4.83. The van der Waals surface area contributed by atoms with Gasteiger partial charge in [0.2, 0.25) is 10.0 Å². The maximum atomic E-state index is 12.1. The molecule has 0 atom stereocenters. The van der Waals surface area contributed by atoms with Crippen molar-refractivity contribution in [2.24, 2.45) is 7.05 Å². The second-order valence-corrected chi connectivity index (χ2v) is 6.79. The average Bonchev–Trinajstić information content (AvgIpc) is 2.80. The van der Waals surface area contributed by atoms with Crippen molar-refractivity contribution in [2.45, 2.75) is 18.2 Å².